The van der Waals surface area contributed by atoms with Crippen molar-refractivity contribution in [1.29, 1.82) is 0 Å². The average molecular weight is 441 g/mol. The third kappa shape index (κ3) is 2.16. The fraction of sp³-hybridized carbons (Fsp3) is 0.444. The summed E-state index contributed by atoms with van der Waals surface area (Å²) in [7, 11) is 2.12. The highest BCUT2D eigenvalue weighted by Crippen LogP contribution is 2.65. The lowest BCUT2D eigenvalue weighted by atomic mass is 9.49. The van der Waals surface area contributed by atoms with Gasteiger partial charge in [-0.1, -0.05) is 17.4 Å². The highest BCUT2D eigenvalue weighted by Gasteiger charge is 2.54. The summed E-state index contributed by atoms with van der Waals surface area (Å²) < 4.78 is 9.06. The summed E-state index contributed by atoms with van der Waals surface area (Å²) in [5.74, 6) is 4.79. The average Bonchev–Trinajstić information content (AvgIpc) is 3.15. The molecular formula is C27H26N3OS+. The lowest BCUT2D eigenvalue weighted by Gasteiger charge is -2.56. The maximum absolute atomic E-state index is 6.87. The monoisotopic (exact) mass is 440 g/mol. The topological polar surface area (TPSA) is 38.9 Å². The summed E-state index contributed by atoms with van der Waals surface area (Å²) >= 11 is 1.92. The van der Waals surface area contributed by atoms with E-state index in [1.807, 2.05) is 29.9 Å². The van der Waals surface area contributed by atoms with Gasteiger partial charge in [0.15, 0.2) is 11.4 Å². The summed E-state index contributed by atoms with van der Waals surface area (Å²) in [5, 5.41) is 2.42. The van der Waals surface area contributed by atoms with Crippen LogP contribution in [0.15, 0.2) is 30.7 Å². The number of aryl methyl sites for hydroxylation is 2. The largest absolute Gasteiger partial charge is 0.454 e. The summed E-state index contributed by atoms with van der Waals surface area (Å²) in [6.07, 6.45) is 12.3. The molecule has 4 aromatic rings. The zero-order valence-corrected chi connectivity index (χ0v) is 19.3. The molecule has 4 fully saturated rings. The molecule has 3 aromatic heterocycles. The molecule has 4 heterocycles. The Balaban J connectivity index is 1.43. The van der Waals surface area contributed by atoms with Gasteiger partial charge in [0.25, 0.3) is 6.33 Å². The first-order valence-electron chi connectivity index (χ1n) is 12.0. The van der Waals surface area contributed by atoms with Gasteiger partial charge in [0, 0.05) is 23.1 Å². The van der Waals surface area contributed by atoms with Crippen LogP contribution in [0, 0.1) is 24.7 Å². The van der Waals surface area contributed by atoms with Crippen LogP contribution in [0.2, 0.25) is 0 Å². The molecule has 1 aromatic carbocycles. The molecule has 0 radical (unpaired) electrons. The van der Waals surface area contributed by atoms with Crippen molar-refractivity contribution in [3.05, 3.63) is 41.2 Å². The molecule has 5 aliphatic rings. The van der Waals surface area contributed by atoms with Crippen LogP contribution in [0.25, 0.3) is 32.4 Å². The summed E-state index contributed by atoms with van der Waals surface area (Å²) in [6, 6.07) is 6.34. The number of thiophene rings is 1. The highest BCUT2D eigenvalue weighted by molar-refractivity contribution is 7.19. The number of rotatable bonds is 1. The molecule has 5 heteroatoms. The van der Waals surface area contributed by atoms with Gasteiger partial charge in [-0.3, -0.25) is 4.98 Å². The number of hydrogen-bond donors (Lipinski definition) is 0. The maximum Gasteiger partial charge on any atom is 0.288 e. The Labute approximate surface area is 191 Å². The Bertz CT molecular complexity index is 1430. The summed E-state index contributed by atoms with van der Waals surface area (Å²) in [6.45, 7) is 2.20. The molecule has 160 valence electrons. The predicted octanol–water partition coefficient (Wildman–Crippen LogP) is 6.22. The maximum atomic E-state index is 6.87. The number of nitrogens with zero attached hydrogens (tertiary/aromatic N) is 3. The Hall–Kier alpha value is -2.53. The molecule has 0 atom stereocenters. The van der Waals surface area contributed by atoms with Gasteiger partial charge in [-0.05, 0) is 79.8 Å². The van der Waals surface area contributed by atoms with E-state index in [9.17, 15) is 0 Å². The van der Waals surface area contributed by atoms with Gasteiger partial charge in [0.2, 0.25) is 4.83 Å². The Kier molecular flexibility index (Phi) is 3.30. The summed E-state index contributed by atoms with van der Waals surface area (Å²) in [4.78, 5) is 12.1. The molecule has 4 saturated carbocycles. The van der Waals surface area contributed by atoms with Crippen LogP contribution in [-0.2, 0) is 12.5 Å². The van der Waals surface area contributed by atoms with Crippen molar-refractivity contribution in [2.45, 2.75) is 50.9 Å². The van der Waals surface area contributed by atoms with Crippen molar-refractivity contribution in [2.75, 3.05) is 0 Å². The quantitative estimate of drug-likeness (QED) is 0.291. The fourth-order valence-electron chi connectivity index (χ4n) is 8.06. The van der Waals surface area contributed by atoms with Crippen LogP contribution in [0.3, 0.4) is 0 Å². The van der Waals surface area contributed by atoms with Crippen molar-refractivity contribution in [3.63, 3.8) is 0 Å². The standard InChI is InChI=1S/C27H26N3OS/c1-14-18-4-3-5-28-19(18)9-20-21(14)23-22-24(31-20)25(32-26(22)29-13-30(23)2)27-10-15-6-16(11-27)8-17(7-15)12-27/h3-5,9,13,15-17H,6-8,10-12H2,1-2H3/q+1. The molecular weight excluding hydrogens is 414 g/mol. The number of fused-ring (bicyclic) bond motifs is 3. The van der Waals surface area contributed by atoms with Gasteiger partial charge >= 0.3 is 0 Å². The number of hydrogen-bond acceptors (Lipinski definition) is 4. The van der Waals surface area contributed by atoms with Crippen LogP contribution in [0.5, 0.6) is 11.5 Å². The minimum absolute atomic E-state index is 0.299. The second-order valence-electron chi connectivity index (χ2n) is 10.9. The van der Waals surface area contributed by atoms with Crippen molar-refractivity contribution in [3.8, 4) is 22.8 Å². The molecule has 0 N–H and O–H groups in total. The molecule has 9 rings (SSSR count). The van der Waals surface area contributed by atoms with Gasteiger partial charge in [-0.15, -0.1) is 0 Å². The van der Waals surface area contributed by atoms with E-state index in [4.69, 9.17) is 9.72 Å². The molecule has 32 heavy (non-hydrogen) atoms. The van der Waals surface area contributed by atoms with E-state index in [1.54, 1.807) is 0 Å². The van der Waals surface area contributed by atoms with E-state index in [0.29, 0.717) is 5.41 Å². The van der Waals surface area contributed by atoms with Crippen LogP contribution in [0.1, 0.15) is 49.0 Å². The van der Waals surface area contributed by atoms with Crippen LogP contribution in [0.4, 0.5) is 0 Å². The normalized spacial score (nSPS) is 29.5. The SMILES string of the molecule is Cc1c2c(cc3ncccc13)Oc1c(C34CC5CC(CC(C5)C3)C4)sc3nc[n+](C)c-2c13. The fourth-order valence-corrected chi connectivity index (χ4v) is 9.35. The van der Waals surface area contributed by atoms with Gasteiger partial charge in [-0.25, -0.2) is 4.57 Å². The number of ether oxygens (including phenoxy) is 1. The Morgan fingerprint density at radius 3 is 2.59 bits per heavy atom. The van der Waals surface area contributed by atoms with E-state index in [2.05, 4.69) is 35.7 Å². The zero-order valence-electron chi connectivity index (χ0n) is 18.5. The van der Waals surface area contributed by atoms with Gasteiger partial charge < -0.3 is 4.74 Å². The molecule has 0 amide bonds. The second-order valence-corrected chi connectivity index (χ2v) is 11.9. The molecule has 0 saturated heterocycles. The lowest BCUT2D eigenvalue weighted by Crippen LogP contribution is -2.48. The van der Waals surface area contributed by atoms with Crippen molar-refractivity contribution < 1.29 is 9.30 Å². The number of benzene rings is 1. The Morgan fingerprint density at radius 2 is 1.84 bits per heavy atom. The third-order valence-electron chi connectivity index (χ3n) is 8.88. The van der Waals surface area contributed by atoms with Crippen LogP contribution < -0.4 is 9.30 Å². The van der Waals surface area contributed by atoms with Crippen LogP contribution in [-0.4, -0.2) is 9.97 Å². The zero-order chi connectivity index (χ0) is 21.2. The lowest BCUT2D eigenvalue weighted by molar-refractivity contribution is -0.662. The molecule has 0 unspecified atom stereocenters. The highest BCUT2D eigenvalue weighted by atomic mass is 32.1. The van der Waals surface area contributed by atoms with E-state index in [-0.39, 0.29) is 0 Å². The predicted molar refractivity (Wildman–Crippen MR) is 126 cm³/mol. The first-order chi connectivity index (χ1) is 15.6. The first-order valence-corrected chi connectivity index (χ1v) is 12.8. The molecule has 1 aliphatic heterocycles. The summed E-state index contributed by atoms with van der Waals surface area (Å²) in [5.41, 5.74) is 4.99. The van der Waals surface area contributed by atoms with Gasteiger partial charge in [-0.2, -0.15) is 0 Å². The molecule has 4 nitrogen and oxygen atoms in total. The second kappa shape index (κ2) is 5.88. The van der Waals surface area contributed by atoms with Crippen LogP contribution >= 0.6 is 11.3 Å². The number of pyridine rings is 1. The van der Waals surface area contributed by atoms with Crippen molar-refractivity contribution >= 4 is 32.5 Å². The molecule has 0 spiro atoms. The third-order valence-corrected chi connectivity index (χ3v) is 10.2. The molecule has 4 aliphatic carbocycles. The smallest absolute Gasteiger partial charge is 0.288 e. The molecule has 4 bridgehead atoms. The van der Waals surface area contributed by atoms with E-state index in [0.717, 1.165) is 39.6 Å². The van der Waals surface area contributed by atoms with E-state index < -0.39 is 0 Å². The van der Waals surface area contributed by atoms with Gasteiger partial charge in [0.05, 0.1) is 23.0 Å². The van der Waals surface area contributed by atoms with E-state index >= 15 is 0 Å². The Morgan fingerprint density at radius 1 is 1.09 bits per heavy atom. The minimum Gasteiger partial charge on any atom is -0.454 e. The van der Waals surface area contributed by atoms with E-state index in [1.165, 1.54) is 71.0 Å². The first kappa shape index (κ1) is 18.0. The number of aromatic nitrogens is 3. The van der Waals surface area contributed by atoms with Crippen molar-refractivity contribution in [2.24, 2.45) is 24.8 Å². The van der Waals surface area contributed by atoms with Crippen molar-refractivity contribution in [1.82, 2.24) is 9.97 Å². The van der Waals surface area contributed by atoms with Gasteiger partial charge in [0.1, 0.15) is 11.1 Å². The minimum atomic E-state index is 0.299.